The number of carbonyl (C=O) groups excluding carboxylic acids is 1. The summed E-state index contributed by atoms with van der Waals surface area (Å²) >= 11 is 1.46. The summed E-state index contributed by atoms with van der Waals surface area (Å²) in [5, 5.41) is 0.652. The molecule has 3 aromatic rings. The van der Waals surface area contributed by atoms with Crippen molar-refractivity contribution in [3.8, 4) is 16.5 Å². The molecule has 5 nitrogen and oxygen atoms in total. The number of hydrogen-bond donors (Lipinski definition) is 1. The van der Waals surface area contributed by atoms with Crippen LogP contribution in [0.2, 0.25) is 0 Å². The third-order valence-electron chi connectivity index (χ3n) is 2.88. The normalized spacial score (nSPS) is 10.7. The maximum atomic E-state index is 11.7. The predicted octanol–water partition coefficient (Wildman–Crippen LogP) is 2.47. The van der Waals surface area contributed by atoms with Crippen LogP contribution in [0.1, 0.15) is 10.4 Å². The number of para-hydroxylation sites is 1. The van der Waals surface area contributed by atoms with E-state index in [-0.39, 0.29) is 5.56 Å². The molecule has 0 fully saturated rings. The monoisotopic (exact) mass is 285 g/mol. The molecule has 0 bridgehead atoms. The lowest BCUT2D eigenvalue weighted by atomic mass is 10.1. The number of pyridine rings is 1. The topological polar surface area (TPSA) is 78.1 Å². The molecule has 3 rings (SSSR count). The first kappa shape index (κ1) is 12.6. The minimum Gasteiger partial charge on any atom is -0.496 e. The van der Waals surface area contributed by atoms with Crippen LogP contribution in [0.4, 0.5) is 0 Å². The molecule has 0 aliphatic rings. The van der Waals surface area contributed by atoms with Gasteiger partial charge in [-0.05, 0) is 18.2 Å². The molecular weight excluding hydrogens is 274 g/mol. The van der Waals surface area contributed by atoms with Crippen LogP contribution in [-0.4, -0.2) is 23.0 Å². The van der Waals surface area contributed by atoms with Crippen LogP contribution in [-0.2, 0) is 0 Å². The van der Waals surface area contributed by atoms with Gasteiger partial charge < -0.3 is 10.5 Å². The lowest BCUT2D eigenvalue weighted by Gasteiger charge is -2.07. The summed E-state index contributed by atoms with van der Waals surface area (Å²) in [6, 6.07) is 9.36. The van der Waals surface area contributed by atoms with E-state index in [9.17, 15) is 4.79 Å². The summed E-state index contributed by atoms with van der Waals surface area (Å²) < 4.78 is 6.21. The summed E-state index contributed by atoms with van der Waals surface area (Å²) in [4.78, 5) is 20.4. The molecule has 2 heterocycles. The van der Waals surface area contributed by atoms with Crippen LogP contribution in [0.15, 0.2) is 36.5 Å². The van der Waals surface area contributed by atoms with E-state index in [1.54, 1.807) is 12.3 Å². The zero-order chi connectivity index (χ0) is 14.1. The van der Waals surface area contributed by atoms with E-state index in [4.69, 9.17) is 10.5 Å². The summed E-state index contributed by atoms with van der Waals surface area (Å²) in [5.74, 6) is -0.175. The van der Waals surface area contributed by atoms with E-state index in [0.717, 1.165) is 10.2 Å². The number of fused-ring (bicyclic) bond motifs is 1. The third-order valence-corrected chi connectivity index (χ3v) is 3.92. The van der Waals surface area contributed by atoms with Crippen molar-refractivity contribution in [1.29, 1.82) is 0 Å². The highest BCUT2D eigenvalue weighted by Crippen LogP contribution is 2.33. The minimum atomic E-state index is -0.579. The molecule has 1 aromatic carbocycles. The summed E-state index contributed by atoms with van der Waals surface area (Å²) in [7, 11) is 1.49. The maximum absolute atomic E-state index is 11.7. The Kier molecular flexibility index (Phi) is 3.08. The Morgan fingerprint density at radius 2 is 2.10 bits per heavy atom. The standard InChI is InChI=1S/C14H11N3O2S/c1-19-9-6-7-16-12(11(9)13(15)18)14-17-8-4-2-3-5-10(8)20-14/h2-7H,1H3,(H2,15,18). The second-order valence-electron chi connectivity index (χ2n) is 4.09. The van der Waals surface area contributed by atoms with Crippen molar-refractivity contribution in [3.05, 3.63) is 42.1 Å². The summed E-state index contributed by atoms with van der Waals surface area (Å²) in [5.41, 5.74) is 7.02. The highest BCUT2D eigenvalue weighted by molar-refractivity contribution is 7.21. The molecule has 0 unspecified atom stereocenters. The highest BCUT2D eigenvalue weighted by Gasteiger charge is 2.19. The van der Waals surface area contributed by atoms with E-state index in [2.05, 4.69) is 9.97 Å². The Hall–Kier alpha value is -2.47. The molecule has 100 valence electrons. The van der Waals surface area contributed by atoms with Crippen molar-refractivity contribution >= 4 is 27.5 Å². The van der Waals surface area contributed by atoms with E-state index < -0.39 is 5.91 Å². The van der Waals surface area contributed by atoms with Crippen LogP contribution in [0.3, 0.4) is 0 Å². The number of ether oxygens (including phenoxy) is 1. The number of primary amides is 1. The lowest BCUT2D eigenvalue weighted by Crippen LogP contribution is -2.14. The Balaban J connectivity index is 2.25. The number of amides is 1. The largest absolute Gasteiger partial charge is 0.496 e. The average molecular weight is 285 g/mol. The van der Waals surface area contributed by atoms with E-state index >= 15 is 0 Å². The van der Waals surface area contributed by atoms with Gasteiger partial charge in [-0.1, -0.05) is 12.1 Å². The van der Waals surface area contributed by atoms with Gasteiger partial charge in [-0.25, -0.2) is 4.98 Å². The Bertz CT molecular complexity index is 765. The number of methoxy groups -OCH3 is 1. The Labute approximate surface area is 119 Å². The Morgan fingerprint density at radius 3 is 2.80 bits per heavy atom. The quantitative estimate of drug-likeness (QED) is 0.801. The number of nitrogens with zero attached hydrogens (tertiary/aromatic N) is 2. The van der Waals surface area contributed by atoms with Crippen LogP contribution < -0.4 is 10.5 Å². The summed E-state index contributed by atoms with van der Waals surface area (Å²) in [6.45, 7) is 0. The van der Waals surface area contributed by atoms with Gasteiger partial charge in [0, 0.05) is 6.20 Å². The van der Waals surface area contributed by atoms with E-state index in [0.29, 0.717) is 16.5 Å². The molecular formula is C14H11N3O2S. The number of nitrogens with two attached hydrogens (primary N) is 1. The summed E-state index contributed by atoms with van der Waals surface area (Å²) in [6.07, 6.45) is 1.58. The Morgan fingerprint density at radius 1 is 1.30 bits per heavy atom. The van der Waals surface area contributed by atoms with Gasteiger partial charge in [-0.2, -0.15) is 0 Å². The molecule has 0 aliphatic heterocycles. The average Bonchev–Trinajstić information content (AvgIpc) is 2.90. The van der Waals surface area contributed by atoms with Crippen LogP contribution in [0.25, 0.3) is 20.9 Å². The molecule has 0 radical (unpaired) electrons. The lowest BCUT2D eigenvalue weighted by molar-refractivity contribution is 0.0997. The van der Waals surface area contributed by atoms with Gasteiger partial charge in [0.2, 0.25) is 0 Å². The van der Waals surface area contributed by atoms with Gasteiger partial charge in [0.1, 0.15) is 22.0 Å². The number of carbonyl (C=O) groups is 1. The molecule has 2 N–H and O–H groups in total. The molecule has 0 spiro atoms. The number of rotatable bonds is 3. The molecule has 1 amide bonds. The second kappa shape index (κ2) is 4.90. The second-order valence-corrected chi connectivity index (χ2v) is 5.12. The van der Waals surface area contributed by atoms with Crippen molar-refractivity contribution in [2.45, 2.75) is 0 Å². The van der Waals surface area contributed by atoms with Crippen molar-refractivity contribution in [2.75, 3.05) is 7.11 Å². The van der Waals surface area contributed by atoms with Gasteiger partial charge in [-0.3, -0.25) is 9.78 Å². The van der Waals surface area contributed by atoms with Crippen LogP contribution in [0.5, 0.6) is 5.75 Å². The van der Waals surface area contributed by atoms with Gasteiger partial charge in [0.25, 0.3) is 5.91 Å². The minimum absolute atomic E-state index is 0.258. The molecule has 0 saturated heterocycles. The first-order valence-corrected chi connectivity index (χ1v) is 6.71. The fraction of sp³-hybridized carbons (Fsp3) is 0.0714. The van der Waals surface area contributed by atoms with E-state index in [1.807, 2.05) is 24.3 Å². The number of hydrogen-bond acceptors (Lipinski definition) is 5. The first-order chi connectivity index (χ1) is 9.70. The maximum Gasteiger partial charge on any atom is 0.254 e. The van der Waals surface area contributed by atoms with E-state index in [1.165, 1.54) is 18.4 Å². The molecule has 20 heavy (non-hydrogen) atoms. The molecule has 6 heteroatoms. The van der Waals surface area contributed by atoms with Crippen molar-refractivity contribution < 1.29 is 9.53 Å². The fourth-order valence-corrected chi connectivity index (χ4v) is 2.96. The van der Waals surface area contributed by atoms with Crippen LogP contribution >= 0.6 is 11.3 Å². The number of aromatic nitrogens is 2. The number of benzene rings is 1. The smallest absolute Gasteiger partial charge is 0.254 e. The molecule has 0 aliphatic carbocycles. The van der Waals surface area contributed by atoms with Crippen molar-refractivity contribution in [1.82, 2.24) is 9.97 Å². The zero-order valence-corrected chi connectivity index (χ0v) is 11.5. The first-order valence-electron chi connectivity index (χ1n) is 5.89. The van der Waals surface area contributed by atoms with Crippen LogP contribution in [0, 0.1) is 0 Å². The third kappa shape index (κ3) is 2.00. The SMILES string of the molecule is COc1ccnc(-c2nc3ccccc3s2)c1C(N)=O. The zero-order valence-electron chi connectivity index (χ0n) is 10.7. The van der Waals surface area contributed by atoms with Crippen molar-refractivity contribution in [3.63, 3.8) is 0 Å². The number of thiazole rings is 1. The molecule has 2 aromatic heterocycles. The van der Waals surface area contributed by atoms with Crippen molar-refractivity contribution in [2.24, 2.45) is 5.73 Å². The van der Waals surface area contributed by atoms with Gasteiger partial charge in [0.15, 0.2) is 0 Å². The van der Waals surface area contributed by atoms with Gasteiger partial charge in [0.05, 0.1) is 17.3 Å². The highest BCUT2D eigenvalue weighted by atomic mass is 32.1. The van der Waals surface area contributed by atoms with Gasteiger partial charge in [-0.15, -0.1) is 11.3 Å². The van der Waals surface area contributed by atoms with Gasteiger partial charge >= 0.3 is 0 Å². The molecule has 0 saturated carbocycles. The fourth-order valence-electron chi connectivity index (χ4n) is 1.99. The predicted molar refractivity (Wildman–Crippen MR) is 77.9 cm³/mol. The molecule has 0 atom stereocenters.